The first-order valence-electron chi connectivity index (χ1n) is 8.20. The van der Waals surface area contributed by atoms with E-state index in [1.54, 1.807) is 0 Å². The summed E-state index contributed by atoms with van der Waals surface area (Å²) in [7, 11) is -1.92. The molecule has 0 fully saturated rings. The van der Waals surface area contributed by atoms with Crippen LogP contribution in [0.25, 0.3) is 0 Å². The lowest BCUT2D eigenvalue weighted by Gasteiger charge is -2.42. The van der Waals surface area contributed by atoms with E-state index in [2.05, 4.69) is 54.1 Å². The smallest absolute Gasteiger partial charge is 0.301 e. The van der Waals surface area contributed by atoms with Crippen molar-refractivity contribution in [1.29, 1.82) is 0 Å². The van der Waals surface area contributed by atoms with Crippen LogP contribution in [0.1, 0.15) is 60.3 Å². The van der Waals surface area contributed by atoms with Gasteiger partial charge >= 0.3 is 8.72 Å². The zero-order valence-electron chi connectivity index (χ0n) is 13.8. The topological polar surface area (TPSA) is 39.3 Å². The highest BCUT2D eigenvalue weighted by atomic mass is 28.4. The molecule has 0 bridgehead atoms. The Hall–Kier alpha value is 0.0569. The summed E-state index contributed by atoms with van der Waals surface area (Å²) in [6.45, 7) is 16.6. The second-order valence-corrected chi connectivity index (χ2v) is 8.11. The molecular formula is C14H36N4Si. The first-order valence-corrected chi connectivity index (χ1v) is 10.1. The maximum atomic E-state index is 3.76. The van der Waals surface area contributed by atoms with Crippen LogP contribution in [0.5, 0.6) is 0 Å². The molecule has 0 aliphatic rings. The number of nitrogens with one attached hydrogen (secondary N) is 3. The summed E-state index contributed by atoms with van der Waals surface area (Å²) in [5.41, 5.74) is 0. The summed E-state index contributed by atoms with van der Waals surface area (Å²) < 4.78 is 2.68. The largest absolute Gasteiger partial charge is 0.368 e. The number of hydrogen-bond donors (Lipinski definition) is 3. The summed E-state index contributed by atoms with van der Waals surface area (Å²) in [4.78, 5) is 11.3. The number of unbranched alkanes of at least 4 members (excludes halogenated alkanes) is 2. The van der Waals surface area contributed by atoms with Gasteiger partial charge < -0.3 is 14.9 Å². The van der Waals surface area contributed by atoms with E-state index in [0.717, 1.165) is 19.6 Å². The molecule has 0 aromatic rings. The van der Waals surface area contributed by atoms with Crippen molar-refractivity contribution in [1.82, 2.24) is 19.5 Å². The minimum Gasteiger partial charge on any atom is -0.301 e. The minimum absolute atomic E-state index is 1.01. The Balaban J connectivity index is 4.91. The molecule has 0 saturated heterocycles. The van der Waals surface area contributed by atoms with Crippen molar-refractivity contribution in [2.24, 2.45) is 0 Å². The van der Waals surface area contributed by atoms with Crippen LogP contribution in [0.15, 0.2) is 0 Å². The molecular weight excluding hydrogens is 252 g/mol. The van der Waals surface area contributed by atoms with Gasteiger partial charge in [0.1, 0.15) is 0 Å². The molecule has 0 aliphatic heterocycles. The molecule has 0 spiro atoms. The van der Waals surface area contributed by atoms with Gasteiger partial charge in [-0.15, -0.1) is 0 Å². The SMILES string of the molecule is CCCCN(CCCC)[Si](NCC)(NCC)NCC. The van der Waals surface area contributed by atoms with Crippen LogP contribution in [0.4, 0.5) is 0 Å². The Morgan fingerprint density at radius 3 is 1.32 bits per heavy atom. The van der Waals surface area contributed by atoms with Crippen LogP contribution in [0.2, 0.25) is 0 Å². The van der Waals surface area contributed by atoms with Gasteiger partial charge in [0.2, 0.25) is 0 Å². The lowest BCUT2D eigenvalue weighted by Crippen LogP contribution is -2.81. The number of rotatable bonds is 13. The van der Waals surface area contributed by atoms with E-state index in [1.807, 2.05) is 0 Å². The fourth-order valence-corrected chi connectivity index (χ4v) is 6.00. The van der Waals surface area contributed by atoms with Crippen molar-refractivity contribution < 1.29 is 0 Å². The third-order valence-corrected chi connectivity index (χ3v) is 7.33. The van der Waals surface area contributed by atoms with Crippen LogP contribution in [0.3, 0.4) is 0 Å². The van der Waals surface area contributed by atoms with Gasteiger partial charge in [-0.25, -0.2) is 0 Å². The van der Waals surface area contributed by atoms with E-state index in [0.29, 0.717) is 0 Å². The molecule has 3 N–H and O–H groups in total. The molecule has 0 atom stereocenters. The second-order valence-electron chi connectivity index (χ2n) is 5.00. The van der Waals surface area contributed by atoms with Crippen molar-refractivity contribution in [3.05, 3.63) is 0 Å². The molecule has 19 heavy (non-hydrogen) atoms. The fourth-order valence-electron chi connectivity index (χ4n) is 2.44. The average molecular weight is 289 g/mol. The zero-order valence-corrected chi connectivity index (χ0v) is 14.8. The minimum atomic E-state index is -1.92. The molecule has 116 valence electrons. The van der Waals surface area contributed by atoms with Crippen LogP contribution < -0.4 is 14.9 Å². The highest BCUT2D eigenvalue weighted by molar-refractivity contribution is 6.69. The predicted octanol–water partition coefficient (Wildman–Crippen LogP) is 2.15. The van der Waals surface area contributed by atoms with Gasteiger partial charge in [-0.2, -0.15) is 0 Å². The maximum absolute atomic E-state index is 3.76. The quantitative estimate of drug-likeness (QED) is 0.454. The van der Waals surface area contributed by atoms with E-state index in [9.17, 15) is 0 Å². The Labute approximate surface area is 122 Å². The van der Waals surface area contributed by atoms with E-state index >= 15 is 0 Å². The first-order chi connectivity index (χ1) is 9.20. The molecule has 0 radical (unpaired) electrons. The Morgan fingerprint density at radius 2 is 1.05 bits per heavy atom. The van der Waals surface area contributed by atoms with Crippen molar-refractivity contribution in [3.8, 4) is 0 Å². The molecule has 5 heteroatoms. The Morgan fingerprint density at radius 1 is 0.684 bits per heavy atom. The third-order valence-electron chi connectivity index (χ3n) is 3.34. The summed E-state index contributed by atoms with van der Waals surface area (Å²) in [5.74, 6) is 0. The highest BCUT2D eigenvalue weighted by Gasteiger charge is 2.39. The highest BCUT2D eigenvalue weighted by Crippen LogP contribution is 2.06. The molecule has 0 rings (SSSR count). The predicted molar refractivity (Wildman–Crippen MR) is 88.2 cm³/mol. The van der Waals surface area contributed by atoms with Crippen molar-refractivity contribution >= 4 is 8.72 Å². The van der Waals surface area contributed by atoms with Gasteiger partial charge in [-0.1, -0.05) is 47.5 Å². The van der Waals surface area contributed by atoms with Gasteiger partial charge in [0.05, 0.1) is 0 Å². The molecule has 0 aromatic carbocycles. The number of nitrogens with zero attached hydrogens (tertiary/aromatic N) is 1. The molecule has 0 aliphatic carbocycles. The van der Waals surface area contributed by atoms with Crippen LogP contribution >= 0.6 is 0 Å². The first kappa shape index (κ1) is 19.1. The molecule has 0 saturated carbocycles. The van der Waals surface area contributed by atoms with Crippen molar-refractivity contribution in [3.63, 3.8) is 0 Å². The molecule has 4 nitrogen and oxygen atoms in total. The fraction of sp³-hybridized carbons (Fsp3) is 1.00. The molecule has 0 aromatic heterocycles. The summed E-state index contributed by atoms with van der Waals surface area (Å²) in [5, 5.41) is 0. The molecule has 0 heterocycles. The van der Waals surface area contributed by atoms with Gasteiger partial charge in [0, 0.05) is 0 Å². The summed E-state index contributed by atoms with van der Waals surface area (Å²) in [6, 6.07) is 0. The summed E-state index contributed by atoms with van der Waals surface area (Å²) in [6.07, 6.45) is 5.08. The van der Waals surface area contributed by atoms with E-state index in [4.69, 9.17) is 0 Å². The van der Waals surface area contributed by atoms with E-state index in [-0.39, 0.29) is 0 Å². The van der Waals surface area contributed by atoms with Crippen LogP contribution in [-0.4, -0.2) is 46.0 Å². The average Bonchev–Trinajstić information content (AvgIpc) is 2.39. The van der Waals surface area contributed by atoms with Crippen molar-refractivity contribution in [2.45, 2.75) is 60.3 Å². The second kappa shape index (κ2) is 11.8. The summed E-state index contributed by atoms with van der Waals surface area (Å²) >= 11 is 0. The van der Waals surface area contributed by atoms with Gasteiger partial charge in [0.25, 0.3) is 0 Å². The number of hydrogen-bond acceptors (Lipinski definition) is 4. The lowest BCUT2D eigenvalue weighted by atomic mass is 10.3. The molecule has 0 amide bonds. The normalized spacial score (nSPS) is 12.3. The molecule has 0 unspecified atom stereocenters. The van der Waals surface area contributed by atoms with E-state index in [1.165, 1.54) is 38.8 Å². The standard InChI is InChI=1S/C14H36N4Si/c1-6-11-13-18(14-12-7-2)19(15-8-3,16-9-4)17-10-5/h15-17H,6-14H2,1-5H3. The van der Waals surface area contributed by atoms with E-state index < -0.39 is 8.72 Å². The lowest BCUT2D eigenvalue weighted by molar-refractivity contribution is 0.365. The Bertz CT molecular complexity index is 177. The van der Waals surface area contributed by atoms with Gasteiger partial charge in [-0.05, 0) is 45.6 Å². The monoisotopic (exact) mass is 288 g/mol. The van der Waals surface area contributed by atoms with Gasteiger partial charge in [-0.3, -0.25) is 4.57 Å². The maximum Gasteiger partial charge on any atom is 0.368 e. The van der Waals surface area contributed by atoms with Crippen molar-refractivity contribution in [2.75, 3.05) is 32.7 Å². The third kappa shape index (κ3) is 6.86. The van der Waals surface area contributed by atoms with Crippen LogP contribution in [-0.2, 0) is 0 Å². The zero-order chi connectivity index (χ0) is 14.6. The van der Waals surface area contributed by atoms with Gasteiger partial charge in [0.15, 0.2) is 0 Å². The Kier molecular flexibility index (Phi) is 11.9. The van der Waals surface area contributed by atoms with Crippen LogP contribution in [0, 0.1) is 0 Å².